The molecule has 0 fully saturated rings. The largest absolute Gasteiger partial charge is 0.275 e. The molecule has 0 aliphatic carbocycles. The van der Waals surface area contributed by atoms with Gasteiger partial charge in [-0.3, -0.25) is 4.79 Å². The first-order valence-electron chi connectivity index (χ1n) is 4.30. The molecule has 0 N–H and O–H groups in total. The Morgan fingerprint density at radius 2 is 1.88 bits per heavy atom. The van der Waals surface area contributed by atoms with Crippen molar-refractivity contribution in [3.05, 3.63) is 32.8 Å². The van der Waals surface area contributed by atoms with E-state index in [-0.39, 0.29) is 5.57 Å². The van der Waals surface area contributed by atoms with E-state index in [1.165, 1.54) is 5.94 Å². The van der Waals surface area contributed by atoms with Gasteiger partial charge in [0.05, 0.1) is 10.0 Å². The van der Waals surface area contributed by atoms with Crippen molar-refractivity contribution in [3.63, 3.8) is 0 Å². The Morgan fingerprint density at radius 1 is 1.31 bits per heavy atom. The molecule has 2 nitrogen and oxygen atoms in total. The highest BCUT2D eigenvalue weighted by molar-refractivity contribution is 6.76. The van der Waals surface area contributed by atoms with Crippen LogP contribution in [0.1, 0.15) is 16.7 Å². The average molecular weight is 278 g/mol. The summed E-state index contributed by atoms with van der Waals surface area (Å²) in [6.07, 6.45) is 0. The van der Waals surface area contributed by atoms with E-state index in [0.29, 0.717) is 26.7 Å². The second-order valence-corrected chi connectivity index (χ2v) is 4.37. The Morgan fingerprint density at radius 3 is 2.31 bits per heavy atom. The van der Waals surface area contributed by atoms with Gasteiger partial charge in [0, 0.05) is 5.56 Å². The van der Waals surface area contributed by atoms with Gasteiger partial charge >= 0.3 is 0 Å². The first kappa shape index (κ1) is 13.3. The second kappa shape index (κ2) is 5.03. The van der Waals surface area contributed by atoms with Gasteiger partial charge in [-0.25, -0.2) is 4.79 Å². The van der Waals surface area contributed by atoms with Crippen molar-refractivity contribution >= 4 is 51.6 Å². The first-order chi connectivity index (χ1) is 7.40. The molecule has 1 rings (SSSR count). The minimum Gasteiger partial charge on any atom is -0.275 e. The second-order valence-electron chi connectivity index (χ2n) is 3.24. The molecule has 0 atom stereocenters. The first-order valence-corrected chi connectivity index (χ1v) is 5.44. The summed E-state index contributed by atoms with van der Waals surface area (Å²) in [6, 6.07) is 1.57. The van der Waals surface area contributed by atoms with E-state index in [2.05, 4.69) is 0 Å². The Hall–Kier alpha value is -0.790. The molecule has 0 bridgehead atoms. The number of hydrogen-bond acceptors (Lipinski definition) is 2. The molecule has 0 heterocycles. The van der Waals surface area contributed by atoms with Gasteiger partial charge in [-0.15, -0.1) is 0 Å². The van der Waals surface area contributed by atoms with Gasteiger partial charge < -0.3 is 0 Å². The molecule has 0 aromatic heterocycles. The van der Waals surface area contributed by atoms with Gasteiger partial charge in [0.2, 0.25) is 0 Å². The summed E-state index contributed by atoms with van der Waals surface area (Å²) in [5.74, 6) is 1.53. The summed E-state index contributed by atoms with van der Waals surface area (Å²) in [7, 11) is 0. The zero-order valence-electron chi connectivity index (χ0n) is 8.53. The Labute approximate surface area is 108 Å². The van der Waals surface area contributed by atoms with Crippen molar-refractivity contribution in [2.75, 3.05) is 0 Å². The lowest BCUT2D eigenvalue weighted by Crippen LogP contribution is -2.01. The number of halogens is 3. The van der Waals surface area contributed by atoms with Crippen molar-refractivity contribution in [3.8, 4) is 0 Å². The van der Waals surface area contributed by atoms with Crippen molar-refractivity contribution in [2.24, 2.45) is 0 Å². The molecule has 1 aromatic rings. The minimum atomic E-state index is -0.861. The maximum atomic E-state index is 11.1. The molecule has 0 aliphatic heterocycles. The monoisotopic (exact) mass is 276 g/mol. The maximum Gasteiger partial charge on any atom is 0.264 e. The molecule has 0 amide bonds. The number of allylic oxidation sites excluding steroid dienone is 1. The van der Waals surface area contributed by atoms with E-state index in [1.807, 2.05) is 0 Å². The number of carbonyl (C=O) groups excluding carboxylic acids is 2. The summed E-state index contributed by atoms with van der Waals surface area (Å²) in [6.45, 7) is 3.37. The molecule has 0 spiro atoms. The van der Waals surface area contributed by atoms with Gasteiger partial charge in [0.25, 0.3) is 5.24 Å². The van der Waals surface area contributed by atoms with Crippen LogP contribution in [0.25, 0.3) is 5.57 Å². The molecule has 0 saturated heterocycles. The molecule has 0 saturated carbocycles. The van der Waals surface area contributed by atoms with Crippen molar-refractivity contribution in [1.82, 2.24) is 0 Å². The number of hydrogen-bond donors (Lipinski definition) is 0. The predicted octanol–water partition coefficient (Wildman–Crippen LogP) is 3.59. The molecule has 5 heteroatoms. The summed E-state index contributed by atoms with van der Waals surface area (Å²) in [5.41, 5.74) is 1.36. The maximum absolute atomic E-state index is 11.1. The highest BCUT2D eigenvalue weighted by atomic mass is 35.5. The molecule has 0 aliphatic rings. The van der Waals surface area contributed by atoms with Crippen LogP contribution in [0.15, 0.2) is 6.07 Å². The van der Waals surface area contributed by atoms with Crippen molar-refractivity contribution in [1.29, 1.82) is 0 Å². The van der Waals surface area contributed by atoms with Gasteiger partial charge in [-0.2, -0.15) is 0 Å². The van der Waals surface area contributed by atoms with Crippen LogP contribution in [0.2, 0.25) is 10.0 Å². The SMILES string of the molecule is Cc1cc(Cl)c(Cl)c(C)c1C(=C=O)C(=O)Cl. The summed E-state index contributed by atoms with van der Waals surface area (Å²) in [5, 5.41) is -0.194. The number of benzene rings is 1. The normalized spacial score (nSPS) is 9.81. The van der Waals surface area contributed by atoms with Crippen LogP contribution in [0, 0.1) is 13.8 Å². The van der Waals surface area contributed by atoms with E-state index in [4.69, 9.17) is 34.8 Å². The third-order valence-electron chi connectivity index (χ3n) is 2.20. The highest BCUT2D eigenvalue weighted by Gasteiger charge is 2.19. The minimum absolute atomic E-state index is 0.227. The van der Waals surface area contributed by atoms with E-state index in [1.54, 1.807) is 19.9 Å². The summed E-state index contributed by atoms with van der Waals surface area (Å²) < 4.78 is 0. The average Bonchev–Trinajstić information content (AvgIpc) is 2.20. The van der Waals surface area contributed by atoms with Crippen molar-refractivity contribution < 1.29 is 9.59 Å². The number of carbonyl (C=O) groups is 1. The van der Waals surface area contributed by atoms with E-state index >= 15 is 0 Å². The summed E-state index contributed by atoms with van der Waals surface area (Å²) in [4.78, 5) is 21.8. The van der Waals surface area contributed by atoms with Crippen molar-refractivity contribution in [2.45, 2.75) is 13.8 Å². The van der Waals surface area contributed by atoms with E-state index in [0.717, 1.165) is 0 Å². The fourth-order valence-corrected chi connectivity index (χ4v) is 2.07. The highest BCUT2D eigenvalue weighted by Crippen LogP contribution is 2.34. The van der Waals surface area contributed by atoms with Gasteiger partial charge in [-0.1, -0.05) is 23.2 Å². The van der Waals surface area contributed by atoms with Crippen LogP contribution in [0.5, 0.6) is 0 Å². The molecular weight excluding hydrogens is 270 g/mol. The smallest absolute Gasteiger partial charge is 0.264 e. The quantitative estimate of drug-likeness (QED) is 0.470. The van der Waals surface area contributed by atoms with Crippen LogP contribution in [-0.4, -0.2) is 11.2 Å². The zero-order chi connectivity index (χ0) is 12.5. The number of rotatable bonds is 2. The number of aryl methyl sites for hydroxylation is 1. The third kappa shape index (κ3) is 2.31. The fourth-order valence-electron chi connectivity index (χ4n) is 1.48. The molecule has 0 radical (unpaired) electrons. The third-order valence-corrected chi connectivity index (χ3v) is 3.27. The Balaban J connectivity index is 3.64. The van der Waals surface area contributed by atoms with Crippen LogP contribution in [0.4, 0.5) is 0 Å². The van der Waals surface area contributed by atoms with E-state index in [9.17, 15) is 9.59 Å². The fraction of sp³-hybridized carbons (Fsp3) is 0.182. The molecule has 1 aromatic carbocycles. The van der Waals surface area contributed by atoms with Crippen LogP contribution < -0.4 is 0 Å². The Kier molecular flexibility index (Phi) is 4.17. The van der Waals surface area contributed by atoms with Gasteiger partial charge in [-0.05, 0) is 42.6 Å². The van der Waals surface area contributed by atoms with Crippen LogP contribution in [-0.2, 0) is 9.59 Å². The summed E-state index contributed by atoms with van der Waals surface area (Å²) >= 11 is 17.1. The molecule has 84 valence electrons. The van der Waals surface area contributed by atoms with E-state index < -0.39 is 5.24 Å². The van der Waals surface area contributed by atoms with Crippen LogP contribution in [0.3, 0.4) is 0 Å². The molecule has 0 unspecified atom stereocenters. The topological polar surface area (TPSA) is 34.1 Å². The van der Waals surface area contributed by atoms with Crippen LogP contribution >= 0.6 is 34.8 Å². The lowest BCUT2D eigenvalue weighted by atomic mass is 9.97. The molecule has 16 heavy (non-hydrogen) atoms. The lowest BCUT2D eigenvalue weighted by Gasteiger charge is -2.11. The van der Waals surface area contributed by atoms with Gasteiger partial charge in [0.1, 0.15) is 11.5 Å². The Bertz CT molecular complexity index is 514. The lowest BCUT2D eigenvalue weighted by molar-refractivity contribution is -0.106. The van der Waals surface area contributed by atoms with Gasteiger partial charge in [0.15, 0.2) is 0 Å². The molecular formula is C11H7Cl3O2. The zero-order valence-corrected chi connectivity index (χ0v) is 10.8. The standard InChI is InChI=1S/C11H7Cl3O2/c1-5-3-8(12)10(13)6(2)9(5)7(4-15)11(14)16/h3H,1-2H3. The predicted molar refractivity (Wildman–Crippen MR) is 65.9 cm³/mol.